The first-order chi connectivity index (χ1) is 8.37. The van der Waals surface area contributed by atoms with Crippen molar-refractivity contribution in [2.45, 2.75) is 22.2 Å². The fourth-order valence-corrected chi connectivity index (χ4v) is 2.48. The number of benzene rings is 1. The van der Waals surface area contributed by atoms with E-state index >= 15 is 0 Å². The van der Waals surface area contributed by atoms with Gasteiger partial charge in [0.05, 0.1) is 0 Å². The first-order valence-electron chi connectivity index (χ1n) is 5.18. The van der Waals surface area contributed by atoms with Crippen LogP contribution in [0.25, 0.3) is 0 Å². The van der Waals surface area contributed by atoms with Crippen LogP contribution in [0.15, 0.2) is 29.2 Å². The van der Waals surface area contributed by atoms with Crippen molar-refractivity contribution in [1.82, 2.24) is 0 Å². The molecule has 2 nitrogen and oxygen atoms in total. The number of rotatable bonds is 2. The van der Waals surface area contributed by atoms with E-state index in [1.165, 1.54) is 29.2 Å². The highest BCUT2D eigenvalue weighted by Crippen LogP contribution is 2.37. The van der Waals surface area contributed by atoms with E-state index in [0.29, 0.717) is 18.7 Å². The second-order valence-electron chi connectivity index (χ2n) is 3.79. The number of halogens is 4. The molecule has 0 spiro atoms. The van der Waals surface area contributed by atoms with Gasteiger partial charge in [-0.05, 0) is 42.4 Å². The summed E-state index contributed by atoms with van der Waals surface area (Å²) in [5.41, 5.74) is -3.72. The van der Waals surface area contributed by atoms with E-state index in [1.807, 2.05) is 0 Å². The summed E-state index contributed by atoms with van der Waals surface area (Å²) < 4.78 is 36.4. The highest BCUT2D eigenvalue weighted by Gasteiger charge is 2.31. The van der Waals surface area contributed by atoms with Crippen molar-refractivity contribution in [3.63, 3.8) is 0 Å². The van der Waals surface area contributed by atoms with E-state index in [9.17, 15) is 18.0 Å². The lowest BCUT2D eigenvalue weighted by molar-refractivity contribution is -0.116. The Morgan fingerprint density at radius 3 is 2.33 bits per heavy atom. The Morgan fingerprint density at radius 1 is 1.28 bits per heavy atom. The summed E-state index contributed by atoms with van der Waals surface area (Å²) >= 11 is 5.61. The van der Waals surface area contributed by atoms with E-state index in [0.717, 1.165) is 0 Å². The van der Waals surface area contributed by atoms with Gasteiger partial charge in [0.2, 0.25) is 5.91 Å². The number of thioether (sulfide) groups is 1. The summed E-state index contributed by atoms with van der Waals surface area (Å²) in [5.74, 6) is -0.201. The van der Waals surface area contributed by atoms with E-state index in [1.54, 1.807) is 0 Å². The monoisotopic (exact) mass is 295 g/mol. The van der Waals surface area contributed by atoms with Gasteiger partial charge in [-0.3, -0.25) is 4.79 Å². The third-order valence-corrected chi connectivity index (χ3v) is 3.67. The van der Waals surface area contributed by atoms with Crippen molar-refractivity contribution >= 4 is 35.0 Å². The molecule has 18 heavy (non-hydrogen) atoms. The van der Waals surface area contributed by atoms with Gasteiger partial charge in [0.1, 0.15) is 5.38 Å². The summed E-state index contributed by atoms with van der Waals surface area (Å²) in [5, 5.41) is -0.533. The van der Waals surface area contributed by atoms with E-state index in [2.05, 4.69) is 0 Å². The molecule has 0 radical (unpaired) electrons. The zero-order chi connectivity index (χ0) is 13.3. The molecule has 0 aromatic heterocycles. The summed E-state index contributed by atoms with van der Waals surface area (Å²) in [6.45, 7) is 0.499. The van der Waals surface area contributed by atoms with E-state index < -0.39 is 10.9 Å². The van der Waals surface area contributed by atoms with E-state index in [-0.39, 0.29) is 22.6 Å². The number of anilines is 1. The maximum Gasteiger partial charge on any atom is 0.446 e. The molecule has 1 saturated heterocycles. The van der Waals surface area contributed by atoms with Crippen LogP contribution in [0.4, 0.5) is 18.9 Å². The predicted octanol–water partition coefficient (Wildman–Crippen LogP) is 3.64. The number of nitrogens with zero attached hydrogens (tertiary/aromatic N) is 1. The number of alkyl halides is 4. The van der Waals surface area contributed by atoms with Crippen LogP contribution < -0.4 is 4.90 Å². The summed E-state index contributed by atoms with van der Waals surface area (Å²) in [4.78, 5) is 13.2. The molecule has 1 aromatic rings. The van der Waals surface area contributed by atoms with Gasteiger partial charge < -0.3 is 4.90 Å². The number of hydrogen-bond donors (Lipinski definition) is 0. The molecule has 1 aromatic carbocycles. The van der Waals surface area contributed by atoms with Crippen LogP contribution in [0.2, 0.25) is 0 Å². The van der Waals surface area contributed by atoms with Crippen LogP contribution in [-0.4, -0.2) is 23.3 Å². The average molecular weight is 296 g/mol. The summed E-state index contributed by atoms with van der Waals surface area (Å²) in [6.07, 6.45) is 0.555. The number of carbonyl (C=O) groups excluding carboxylic acids is 1. The third-order valence-electron chi connectivity index (χ3n) is 2.52. The number of hydrogen-bond acceptors (Lipinski definition) is 2. The smallest absolute Gasteiger partial charge is 0.311 e. The van der Waals surface area contributed by atoms with Gasteiger partial charge in [0, 0.05) is 17.1 Å². The SMILES string of the molecule is O=C1C(Cl)CCN1c1ccc(SC(F)(F)F)cc1. The van der Waals surface area contributed by atoms with Gasteiger partial charge >= 0.3 is 5.51 Å². The van der Waals surface area contributed by atoms with Gasteiger partial charge in [-0.2, -0.15) is 13.2 Å². The van der Waals surface area contributed by atoms with Crippen molar-refractivity contribution in [2.24, 2.45) is 0 Å². The molecule has 1 aliphatic heterocycles. The molecule has 0 bridgehead atoms. The van der Waals surface area contributed by atoms with Gasteiger partial charge in [-0.15, -0.1) is 11.6 Å². The molecule has 7 heteroatoms. The molecular formula is C11H9ClF3NOS. The quantitative estimate of drug-likeness (QED) is 0.613. The lowest BCUT2D eigenvalue weighted by Crippen LogP contribution is -2.27. The molecule has 0 aliphatic carbocycles. The Hall–Kier alpha value is -0.880. The summed E-state index contributed by atoms with van der Waals surface area (Å²) in [6, 6.07) is 5.70. The largest absolute Gasteiger partial charge is 0.446 e. The maximum atomic E-state index is 12.1. The predicted molar refractivity (Wildman–Crippen MR) is 65.0 cm³/mol. The van der Waals surface area contributed by atoms with Crippen LogP contribution in [-0.2, 0) is 4.79 Å². The molecule has 0 N–H and O–H groups in total. The molecule has 1 amide bonds. The topological polar surface area (TPSA) is 20.3 Å². The molecule has 2 rings (SSSR count). The van der Waals surface area contributed by atoms with Crippen molar-refractivity contribution < 1.29 is 18.0 Å². The van der Waals surface area contributed by atoms with Crippen LogP contribution in [0.1, 0.15) is 6.42 Å². The molecule has 1 heterocycles. The molecular weight excluding hydrogens is 287 g/mol. The maximum absolute atomic E-state index is 12.1. The molecule has 1 unspecified atom stereocenters. The zero-order valence-electron chi connectivity index (χ0n) is 9.08. The Kier molecular flexibility index (Phi) is 3.77. The van der Waals surface area contributed by atoms with Gasteiger partial charge in [0.25, 0.3) is 0 Å². The minimum atomic E-state index is -4.30. The first-order valence-corrected chi connectivity index (χ1v) is 6.43. The minimum Gasteiger partial charge on any atom is -0.311 e. The fraction of sp³-hybridized carbons (Fsp3) is 0.364. The van der Waals surface area contributed by atoms with E-state index in [4.69, 9.17) is 11.6 Å². The normalized spacial score (nSPS) is 20.6. The Morgan fingerprint density at radius 2 is 1.89 bits per heavy atom. The zero-order valence-corrected chi connectivity index (χ0v) is 10.6. The lowest BCUT2D eigenvalue weighted by Gasteiger charge is -2.16. The lowest BCUT2D eigenvalue weighted by atomic mass is 10.3. The van der Waals surface area contributed by atoms with Crippen molar-refractivity contribution in [3.8, 4) is 0 Å². The molecule has 1 atom stereocenters. The Labute approximate surface area is 111 Å². The second kappa shape index (κ2) is 5.01. The van der Waals surface area contributed by atoms with Crippen LogP contribution in [0.5, 0.6) is 0 Å². The van der Waals surface area contributed by atoms with Gasteiger partial charge in [-0.1, -0.05) is 0 Å². The Bertz CT molecular complexity index is 449. The molecule has 98 valence electrons. The fourth-order valence-electron chi connectivity index (χ4n) is 1.73. The highest BCUT2D eigenvalue weighted by molar-refractivity contribution is 8.00. The Balaban J connectivity index is 2.11. The number of amides is 1. The third kappa shape index (κ3) is 3.11. The second-order valence-corrected chi connectivity index (χ2v) is 5.45. The van der Waals surface area contributed by atoms with Gasteiger partial charge in [0.15, 0.2) is 0 Å². The standard InChI is InChI=1S/C11H9ClF3NOS/c12-9-5-6-16(10(9)17)7-1-3-8(4-2-7)18-11(13,14)15/h1-4,9H,5-6H2. The van der Waals surface area contributed by atoms with Crippen LogP contribution >= 0.6 is 23.4 Å². The molecule has 1 aliphatic rings. The van der Waals surface area contributed by atoms with Crippen LogP contribution in [0, 0.1) is 0 Å². The van der Waals surface area contributed by atoms with Crippen molar-refractivity contribution in [2.75, 3.05) is 11.4 Å². The highest BCUT2D eigenvalue weighted by atomic mass is 35.5. The summed E-state index contributed by atoms with van der Waals surface area (Å²) in [7, 11) is 0. The van der Waals surface area contributed by atoms with Crippen molar-refractivity contribution in [3.05, 3.63) is 24.3 Å². The average Bonchev–Trinajstić information content (AvgIpc) is 2.59. The first kappa shape index (κ1) is 13.5. The van der Waals surface area contributed by atoms with Gasteiger partial charge in [-0.25, -0.2) is 0 Å². The van der Waals surface area contributed by atoms with Crippen molar-refractivity contribution in [1.29, 1.82) is 0 Å². The van der Waals surface area contributed by atoms with Crippen LogP contribution in [0.3, 0.4) is 0 Å². The minimum absolute atomic E-state index is 0.0975. The molecule has 1 fully saturated rings. The number of carbonyl (C=O) groups is 1. The molecule has 0 saturated carbocycles.